The molecule has 2 aromatic heterocycles. The second-order valence-electron chi connectivity index (χ2n) is 5.68. The third-order valence-electron chi connectivity index (χ3n) is 3.89. The number of hydrogen-bond acceptors (Lipinski definition) is 7. The molecule has 0 atom stereocenters. The summed E-state index contributed by atoms with van der Waals surface area (Å²) in [5, 5.41) is 2.63. The Hall–Kier alpha value is -2.11. The number of aromatic amines is 1. The maximum Gasteiger partial charge on any atom is 0.264 e. The standard InChI is InChI=1S/C14H17N5O4S2/c1-9-16-11(8-24-9)12-15-7-10(13(20)17-12)14(21)18-3-5-19(6-4-18)25(2,22)23/h7-8H,3-6H2,1-2H3,(H,15,17,20). The van der Waals surface area contributed by atoms with E-state index < -0.39 is 21.5 Å². The number of sulfonamides is 1. The van der Waals surface area contributed by atoms with Crippen LogP contribution >= 0.6 is 11.3 Å². The fourth-order valence-corrected chi connectivity index (χ4v) is 3.97. The molecule has 1 amide bonds. The van der Waals surface area contributed by atoms with Gasteiger partial charge in [0.05, 0.1) is 11.3 Å². The van der Waals surface area contributed by atoms with E-state index in [9.17, 15) is 18.0 Å². The molecule has 0 aliphatic carbocycles. The SMILES string of the molecule is Cc1nc(-c2ncc(C(=O)N3CCN(S(C)(=O)=O)CC3)c(=O)[nH]2)cs1. The minimum absolute atomic E-state index is 0.0662. The highest BCUT2D eigenvalue weighted by atomic mass is 32.2. The maximum absolute atomic E-state index is 12.5. The van der Waals surface area contributed by atoms with Crippen LogP contribution in [-0.4, -0.2) is 70.9 Å². The van der Waals surface area contributed by atoms with Gasteiger partial charge in [0.25, 0.3) is 11.5 Å². The van der Waals surface area contributed by atoms with Gasteiger partial charge in [0.15, 0.2) is 5.82 Å². The molecule has 2 aromatic rings. The van der Waals surface area contributed by atoms with Crippen LogP contribution in [0.15, 0.2) is 16.4 Å². The molecular formula is C14H17N5O4S2. The second kappa shape index (κ2) is 6.65. The van der Waals surface area contributed by atoms with Crippen molar-refractivity contribution in [2.45, 2.75) is 6.92 Å². The fraction of sp³-hybridized carbons (Fsp3) is 0.429. The second-order valence-corrected chi connectivity index (χ2v) is 8.73. The predicted molar refractivity (Wildman–Crippen MR) is 93.0 cm³/mol. The normalized spacial score (nSPS) is 16.2. The highest BCUT2D eigenvalue weighted by molar-refractivity contribution is 7.88. The molecule has 0 unspecified atom stereocenters. The number of amides is 1. The first-order valence-electron chi connectivity index (χ1n) is 7.52. The third kappa shape index (κ3) is 3.78. The lowest BCUT2D eigenvalue weighted by molar-refractivity contribution is 0.0696. The van der Waals surface area contributed by atoms with Crippen molar-refractivity contribution < 1.29 is 13.2 Å². The summed E-state index contributed by atoms with van der Waals surface area (Å²) in [6, 6.07) is 0. The molecule has 0 radical (unpaired) electrons. The van der Waals surface area contributed by atoms with E-state index in [2.05, 4.69) is 15.0 Å². The molecule has 3 heterocycles. The zero-order valence-corrected chi connectivity index (χ0v) is 15.4. The van der Waals surface area contributed by atoms with Crippen LogP contribution in [0.5, 0.6) is 0 Å². The van der Waals surface area contributed by atoms with Crippen LogP contribution in [0.3, 0.4) is 0 Å². The number of rotatable bonds is 3. The highest BCUT2D eigenvalue weighted by Crippen LogP contribution is 2.17. The lowest BCUT2D eigenvalue weighted by Crippen LogP contribution is -2.51. The number of nitrogens with zero attached hydrogens (tertiary/aromatic N) is 4. The monoisotopic (exact) mass is 383 g/mol. The molecule has 3 rings (SSSR count). The Balaban J connectivity index is 1.76. The maximum atomic E-state index is 12.5. The van der Waals surface area contributed by atoms with Crippen molar-refractivity contribution in [1.29, 1.82) is 0 Å². The summed E-state index contributed by atoms with van der Waals surface area (Å²) in [6.45, 7) is 2.75. The Morgan fingerprint density at radius 2 is 1.96 bits per heavy atom. The van der Waals surface area contributed by atoms with Gasteiger partial charge < -0.3 is 9.88 Å². The molecule has 1 N–H and O–H groups in total. The molecule has 0 spiro atoms. The Bertz CT molecular complexity index is 958. The highest BCUT2D eigenvalue weighted by Gasteiger charge is 2.28. The van der Waals surface area contributed by atoms with Crippen molar-refractivity contribution in [2.24, 2.45) is 0 Å². The van der Waals surface area contributed by atoms with Crippen LogP contribution in [0, 0.1) is 6.92 Å². The van der Waals surface area contributed by atoms with E-state index in [1.807, 2.05) is 6.92 Å². The molecule has 0 bridgehead atoms. The van der Waals surface area contributed by atoms with Gasteiger partial charge in [0, 0.05) is 37.8 Å². The van der Waals surface area contributed by atoms with Crippen LogP contribution in [0.1, 0.15) is 15.4 Å². The van der Waals surface area contributed by atoms with Gasteiger partial charge in [-0.3, -0.25) is 9.59 Å². The number of carbonyl (C=O) groups is 1. The summed E-state index contributed by atoms with van der Waals surface area (Å²) >= 11 is 1.44. The Morgan fingerprint density at radius 3 is 2.48 bits per heavy atom. The van der Waals surface area contributed by atoms with Gasteiger partial charge in [-0.25, -0.2) is 18.4 Å². The number of nitrogens with one attached hydrogen (secondary N) is 1. The zero-order valence-electron chi connectivity index (χ0n) is 13.7. The molecular weight excluding hydrogens is 366 g/mol. The van der Waals surface area contributed by atoms with Crippen molar-refractivity contribution in [1.82, 2.24) is 24.2 Å². The van der Waals surface area contributed by atoms with Gasteiger partial charge in [-0.05, 0) is 6.92 Å². The van der Waals surface area contributed by atoms with Gasteiger partial charge in [0.2, 0.25) is 10.0 Å². The first-order valence-corrected chi connectivity index (χ1v) is 10.2. The van der Waals surface area contributed by atoms with Crippen LogP contribution in [0.2, 0.25) is 0 Å². The largest absolute Gasteiger partial charge is 0.336 e. The lowest BCUT2D eigenvalue weighted by atomic mass is 10.2. The molecule has 1 fully saturated rings. The van der Waals surface area contributed by atoms with E-state index in [1.165, 1.54) is 26.7 Å². The number of piperazine rings is 1. The number of aryl methyl sites for hydroxylation is 1. The van der Waals surface area contributed by atoms with Crippen molar-refractivity contribution in [3.63, 3.8) is 0 Å². The average Bonchev–Trinajstić information content (AvgIpc) is 3.00. The minimum Gasteiger partial charge on any atom is -0.336 e. The zero-order chi connectivity index (χ0) is 18.2. The first-order chi connectivity index (χ1) is 11.8. The predicted octanol–water partition coefficient (Wildman–Crippen LogP) is -0.0808. The molecule has 9 nitrogen and oxygen atoms in total. The first kappa shape index (κ1) is 17.7. The molecule has 1 aliphatic rings. The number of thiazole rings is 1. The van der Waals surface area contributed by atoms with Crippen LogP contribution in [0.25, 0.3) is 11.5 Å². The lowest BCUT2D eigenvalue weighted by Gasteiger charge is -2.33. The van der Waals surface area contributed by atoms with Crippen molar-refractivity contribution in [3.8, 4) is 11.5 Å². The van der Waals surface area contributed by atoms with Crippen molar-refractivity contribution >= 4 is 27.3 Å². The van der Waals surface area contributed by atoms with Crippen molar-refractivity contribution in [2.75, 3.05) is 32.4 Å². The molecule has 11 heteroatoms. The Morgan fingerprint density at radius 1 is 1.28 bits per heavy atom. The molecule has 0 aromatic carbocycles. The van der Waals surface area contributed by atoms with Gasteiger partial charge in [0.1, 0.15) is 11.3 Å². The van der Waals surface area contributed by atoms with E-state index in [0.29, 0.717) is 11.5 Å². The summed E-state index contributed by atoms with van der Waals surface area (Å²) in [6.07, 6.45) is 2.38. The van der Waals surface area contributed by atoms with Crippen molar-refractivity contribution in [3.05, 3.63) is 32.5 Å². The Kier molecular flexibility index (Phi) is 4.71. The molecule has 1 aliphatic heterocycles. The molecule has 1 saturated heterocycles. The van der Waals surface area contributed by atoms with Crippen LogP contribution < -0.4 is 5.56 Å². The Labute approximate surface area is 148 Å². The smallest absolute Gasteiger partial charge is 0.264 e. The number of hydrogen-bond donors (Lipinski definition) is 1. The summed E-state index contributed by atoms with van der Waals surface area (Å²) in [5.74, 6) is -0.143. The van der Waals surface area contributed by atoms with E-state index in [4.69, 9.17) is 0 Å². The van der Waals surface area contributed by atoms with E-state index in [0.717, 1.165) is 11.3 Å². The van der Waals surface area contributed by atoms with Gasteiger partial charge >= 0.3 is 0 Å². The summed E-state index contributed by atoms with van der Waals surface area (Å²) in [4.78, 5) is 37.2. The van der Waals surface area contributed by atoms with E-state index in [1.54, 1.807) is 5.38 Å². The topological polar surface area (TPSA) is 116 Å². The average molecular weight is 383 g/mol. The summed E-state index contributed by atoms with van der Waals surface area (Å²) < 4.78 is 24.3. The molecule has 0 saturated carbocycles. The molecule has 134 valence electrons. The minimum atomic E-state index is -3.27. The van der Waals surface area contributed by atoms with E-state index >= 15 is 0 Å². The summed E-state index contributed by atoms with van der Waals surface area (Å²) in [7, 11) is -3.27. The number of aromatic nitrogens is 3. The van der Waals surface area contributed by atoms with E-state index in [-0.39, 0.29) is 31.7 Å². The number of carbonyl (C=O) groups excluding carboxylic acids is 1. The van der Waals surface area contributed by atoms with Crippen LogP contribution in [-0.2, 0) is 10.0 Å². The van der Waals surface area contributed by atoms with Gasteiger partial charge in [-0.2, -0.15) is 4.31 Å². The summed E-state index contributed by atoms with van der Waals surface area (Å²) in [5.41, 5.74) is -0.0462. The fourth-order valence-electron chi connectivity index (χ4n) is 2.54. The molecule has 25 heavy (non-hydrogen) atoms. The van der Waals surface area contributed by atoms with Gasteiger partial charge in [-0.15, -0.1) is 11.3 Å². The quantitative estimate of drug-likeness (QED) is 0.792. The number of H-pyrrole nitrogens is 1. The third-order valence-corrected chi connectivity index (χ3v) is 5.96. The van der Waals surface area contributed by atoms with Crippen LogP contribution in [0.4, 0.5) is 0 Å². The van der Waals surface area contributed by atoms with Gasteiger partial charge in [-0.1, -0.05) is 0 Å².